The van der Waals surface area contributed by atoms with Gasteiger partial charge < -0.3 is 9.47 Å². The highest BCUT2D eigenvalue weighted by atomic mass is 32.1. The van der Waals surface area contributed by atoms with Crippen LogP contribution in [-0.2, 0) is 22.6 Å². The van der Waals surface area contributed by atoms with Gasteiger partial charge in [-0.1, -0.05) is 6.07 Å². The van der Waals surface area contributed by atoms with E-state index in [0.29, 0.717) is 6.61 Å². The Labute approximate surface area is 153 Å². The zero-order valence-corrected chi connectivity index (χ0v) is 15.3. The summed E-state index contributed by atoms with van der Waals surface area (Å²) in [5.74, 6) is 0. The third-order valence-corrected chi connectivity index (χ3v) is 5.73. The molecule has 2 saturated heterocycles. The van der Waals surface area contributed by atoms with Crippen molar-refractivity contribution in [2.75, 3.05) is 46.0 Å². The van der Waals surface area contributed by atoms with Gasteiger partial charge in [-0.25, -0.2) is 0 Å². The van der Waals surface area contributed by atoms with Crippen molar-refractivity contribution in [2.24, 2.45) is 0 Å². The van der Waals surface area contributed by atoms with Crippen molar-refractivity contribution in [3.8, 4) is 0 Å². The second kappa shape index (κ2) is 7.93. The number of rotatable bonds is 4. The van der Waals surface area contributed by atoms with E-state index in [1.54, 1.807) is 0 Å². The first-order valence-electron chi connectivity index (χ1n) is 8.89. The van der Waals surface area contributed by atoms with Gasteiger partial charge in [-0.05, 0) is 29.1 Å². The molecule has 5 nitrogen and oxygen atoms in total. The largest absolute Gasteiger partial charge is 0.377 e. The van der Waals surface area contributed by atoms with Crippen LogP contribution in [0.15, 0.2) is 42.0 Å². The molecule has 2 fully saturated rings. The number of thiophene rings is 1. The van der Waals surface area contributed by atoms with E-state index in [-0.39, 0.29) is 5.60 Å². The molecule has 25 heavy (non-hydrogen) atoms. The van der Waals surface area contributed by atoms with Crippen molar-refractivity contribution in [1.29, 1.82) is 0 Å². The number of hydrogen-bond donors (Lipinski definition) is 0. The van der Waals surface area contributed by atoms with Crippen LogP contribution in [0.4, 0.5) is 0 Å². The van der Waals surface area contributed by atoms with Crippen LogP contribution in [0.5, 0.6) is 0 Å². The van der Waals surface area contributed by atoms with Crippen LogP contribution in [-0.4, -0.2) is 66.4 Å². The van der Waals surface area contributed by atoms with Gasteiger partial charge in [0.25, 0.3) is 0 Å². The zero-order valence-electron chi connectivity index (χ0n) is 14.5. The van der Waals surface area contributed by atoms with Gasteiger partial charge in [-0.2, -0.15) is 0 Å². The van der Waals surface area contributed by atoms with Crippen molar-refractivity contribution in [1.82, 2.24) is 14.8 Å². The predicted octanol–water partition coefficient (Wildman–Crippen LogP) is 2.25. The molecule has 1 spiro atoms. The van der Waals surface area contributed by atoms with E-state index in [1.165, 1.54) is 10.4 Å². The molecule has 6 heteroatoms. The lowest BCUT2D eigenvalue weighted by molar-refractivity contribution is -0.143. The van der Waals surface area contributed by atoms with Crippen molar-refractivity contribution < 1.29 is 9.47 Å². The summed E-state index contributed by atoms with van der Waals surface area (Å²) in [5.41, 5.74) is 1.07. The lowest BCUT2D eigenvalue weighted by atomic mass is 10.0. The Morgan fingerprint density at radius 3 is 2.64 bits per heavy atom. The smallest absolute Gasteiger partial charge is 0.117 e. The number of nitrogens with zero attached hydrogens (tertiary/aromatic N) is 3. The fourth-order valence-corrected chi connectivity index (χ4v) is 4.48. The summed E-state index contributed by atoms with van der Waals surface area (Å²) in [4.78, 5) is 10.5. The first kappa shape index (κ1) is 17.1. The molecular formula is C19H25N3O2S. The maximum Gasteiger partial charge on any atom is 0.117 e. The SMILES string of the molecule is c1csc(CN2CCOC3(COCCN(Cc4ccncc4)C3)C2)c1. The number of hydrogen-bond acceptors (Lipinski definition) is 6. The molecule has 0 N–H and O–H groups in total. The van der Waals surface area contributed by atoms with Crippen LogP contribution in [0, 0.1) is 0 Å². The zero-order chi connectivity index (χ0) is 17.0. The first-order chi connectivity index (χ1) is 12.3. The Balaban J connectivity index is 1.43. The molecule has 0 bridgehead atoms. The van der Waals surface area contributed by atoms with Gasteiger partial charge in [0.05, 0.1) is 19.8 Å². The van der Waals surface area contributed by atoms with Crippen LogP contribution in [0.1, 0.15) is 10.4 Å². The summed E-state index contributed by atoms with van der Waals surface area (Å²) in [7, 11) is 0. The Hall–Kier alpha value is -1.31. The van der Waals surface area contributed by atoms with Gasteiger partial charge in [0.15, 0.2) is 0 Å². The number of ether oxygens (including phenoxy) is 2. The maximum atomic E-state index is 6.29. The summed E-state index contributed by atoms with van der Waals surface area (Å²) in [6.07, 6.45) is 3.72. The van der Waals surface area contributed by atoms with E-state index in [0.717, 1.165) is 52.5 Å². The van der Waals surface area contributed by atoms with E-state index >= 15 is 0 Å². The highest BCUT2D eigenvalue weighted by Gasteiger charge is 2.40. The molecule has 2 aromatic heterocycles. The van der Waals surface area contributed by atoms with Crippen LogP contribution in [0.2, 0.25) is 0 Å². The standard InChI is InChI=1S/C19H25N3O2S/c1-2-18(25-11-1)13-22-8-10-24-19(15-22)14-21(7-9-23-16-19)12-17-3-5-20-6-4-17/h1-6,11H,7-10,12-16H2. The van der Waals surface area contributed by atoms with Gasteiger partial charge in [-0.15, -0.1) is 11.3 Å². The third kappa shape index (κ3) is 4.46. The minimum absolute atomic E-state index is 0.223. The summed E-state index contributed by atoms with van der Waals surface area (Å²) in [5, 5.41) is 2.15. The van der Waals surface area contributed by atoms with Crippen molar-refractivity contribution in [3.63, 3.8) is 0 Å². The summed E-state index contributed by atoms with van der Waals surface area (Å²) < 4.78 is 12.2. The quantitative estimate of drug-likeness (QED) is 0.837. The lowest BCUT2D eigenvalue weighted by Gasteiger charge is -2.43. The highest BCUT2D eigenvalue weighted by molar-refractivity contribution is 7.09. The Kier molecular flexibility index (Phi) is 5.43. The van der Waals surface area contributed by atoms with Crippen LogP contribution in [0.3, 0.4) is 0 Å². The molecule has 2 aliphatic rings. The fraction of sp³-hybridized carbons (Fsp3) is 0.526. The molecule has 4 heterocycles. The summed E-state index contributed by atoms with van der Waals surface area (Å²) >= 11 is 1.83. The second-order valence-corrected chi connectivity index (χ2v) is 7.97. The van der Waals surface area contributed by atoms with E-state index < -0.39 is 0 Å². The fourth-order valence-electron chi connectivity index (χ4n) is 3.73. The molecule has 2 aromatic rings. The molecule has 0 saturated carbocycles. The van der Waals surface area contributed by atoms with Crippen molar-refractivity contribution in [3.05, 3.63) is 52.5 Å². The van der Waals surface area contributed by atoms with E-state index in [4.69, 9.17) is 9.47 Å². The Morgan fingerprint density at radius 1 is 1.04 bits per heavy atom. The number of morpholine rings is 1. The molecular weight excluding hydrogens is 334 g/mol. The minimum Gasteiger partial charge on any atom is -0.377 e. The molecule has 0 aromatic carbocycles. The molecule has 1 atom stereocenters. The average Bonchev–Trinajstić information content (AvgIpc) is 3.05. The van der Waals surface area contributed by atoms with Crippen LogP contribution in [0.25, 0.3) is 0 Å². The topological polar surface area (TPSA) is 37.8 Å². The number of pyridine rings is 1. The number of aromatic nitrogens is 1. The van der Waals surface area contributed by atoms with Crippen molar-refractivity contribution in [2.45, 2.75) is 18.7 Å². The minimum atomic E-state index is -0.223. The van der Waals surface area contributed by atoms with Gasteiger partial charge in [0.2, 0.25) is 0 Å². The predicted molar refractivity (Wildman–Crippen MR) is 98.6 cm³/mol. The molecule has 4 rings (SSSR count). The van der Waals surface area contributed by atoms with E-state index in [2.05, 4.69) is 44.4 Å². The second-order valence-electron chi connectivity index (χ2n) is 6.94. The summed E-state index contributed by atoms with van der Waals surface area (Å²) in [6, 6.07) is 8.51. The molecule has 2 aliphatic heterocycles. The normalized spacial score (nSPS) is 25.9. The summed E-state index contributed by atoms with van der Waals surface area (Å²) in [6.45, 7) is 7.92. The van der Waals surface area contributed by atoms with Gasteiger partial charge in [-0.3, -0.25) is 14.8 Å². The highest BCUT2D eigenvalue weighted by Crippen LogP contribution is 2.25. The third-order valence-electron chi connectivity index (χ3n) is 4.87. The monoisotopic (exact) mass is 359 g/mol. The van der Waals surface area contributed by atoms with Gasteiger partial charge in [0, 0.05) is 56.5 Å². The molecule has 0 amide bonds. The van der Waals surface area contributed by atoms with Crippen molar-refractivity contribution >= 4 is 11.3 Å². The average molecular weight is 359 g/mol. The molecule has 0 radical (unpaired) electrons. The van der Waals surface area contributed by atoms with E-state index in [1.807, 2.05) is 23.7 Å². The Morgan fingerprint density at radius 2 is 1.84 bits per heavy atom. The van der Waals surface area contributed by atoms with Crippen LogP contribution < -0.4 is 0 Å². The molecule has 1 unspecified atom stereocenters. The van der Waals surface area contributed by atoms with Gasteiger partial charge >= 0.3 is 0 Å². The Bertz CT molecular complexity index is 652. The molecule has 134 valence electrons. The first-order valence-corrected chi connectivity index (χ1v) is 9.77. The van der Waals surface area contributed by atoms with Crippen LogP contribution >= 0.6 is 11.3 Å². The maximum absolute atomic E-state index is 6.29. The lowest BCUT2D eigenvalue weighted by Crippen LogP contribution is -2.58. The molecule has 0 aliphatic carbocycles. The van der Waals surface area contributed by atoms with E-state index in [9.17, 15) is 0 Å². The van der Waals surface area contributed by atoms with Gasteiger partial charge in [0.1, 0.15) is 5.60 Å².